The Morgan fingerprint density at radius 3 is 2.42 bits per heavy atom. The molecule has 7 heteroatoms. The van der Waals surface area contributed by atoms with Crippen LogP contribution in [0, 0.1) is 5.82 Å². The highest BCUT2D eigenvalue weighted by atomic mass is 19.1. The van der Waals surface area contributed by atoms with Crippen LogP contribution >= 0.6 is 0 Å². The third-order valence-electron chi connectivity index (χ3n) is 5.20. The average molecular weight is 438 g/mol. The van der Waals surface area contributed by atoms with Gasteiger partial charge >= 0.3 is 0 Å². The molecule has 0 atom stereocenters. The lowest BCUT2D eigenvalue weighted by atomic mass is 10.1. The number of amides is 1. The maximum atomic E-state index is 13.2. The third kappa shape index (κ3) is 4.16. The number of hydrogen-bond donors (Lipinski definition) is 1. The van der Waals surface area contributed by atoms with Gasteiger partial charge in [0.2, 0.25) is 0 Å². The topological polar surface area (TPSA) is 68.5 Å². The number of hydrogen-bond acceptors (Lipinski definition) is 4. The second-order valence-corrected chi connectivity index (χ2v) is 7.39. The second kappa shape index (κ2) is 8.55. The molecule has 0 unspecified atom stereocenters. The van der Waals surface area contributed by atoms with Crippen LogP contribution in [0.15, 0.2) is 91.0 Å². The first-order chi connectivity index (χ1) is 16.1. The lowest BCUT2D eigenvalue weighted by molar-refractivity contribution is 0.102. The second-order valence-electron chi connectivity index (χ2n) is 7.39. The molecule has 2 heterocycles. The van der Waals surface area contributed by atoms with Crippen molar-refractivity contribution < 1.29 is 13.9 Å². The van der Waals surface area contributed by atoms with Crippen molar-refractivity contribution >= 4 is 17.2 Å². The first-order valence-corrected chi connectivity index (χ1v) is 10.3. The minimum atomic E-state index is -0.407. The molecule has 0 aliphatic heterocycles. The molecule has 6 nitrogen and oxygen atoms in total. The minimum absolute atomic E-state index is 0.212. The molecule has 0 bridgehead atoms. The molecule has 5 aromatic rings. The van der Waals surface area contributed by atoms with E-state index in [0.29, 0.717) is 22.8 Å². The molecule has 0 saturated heterocycles. The zero-order chi connectivity index (χ0) is 22.8. The summed E-state index contributed by atoms with van der Waals surface area (Å²) in [6, 6.07) is 26.4. The number of methoxy groups -OCH3 is 1. The predicted molar refractivity (Wildman–Crippen MR) is 125 cm³/mol. The number of anilines is 1. The number of benzene rings is 3. The largest absolute Gasteiger partial charge is 0.497 e. The standard InChI is InChI=1S/C26H19FN4O2/c1-33-21-9-5-8-18(14-21)24-15-23(26(32)28-20-12-10-19(27)11-13-20)29-25-16-22(30-31(24)25)17-6-3-2-4-7-17/h2-16H,1H3,(H,28,32). The van der Waals surface area contributed by atoms with E-state index in [2.05, 4.69) is 10.3 Å². The number of rotatable bonds is 5. The highest BCUT2D eigenvalue weighted by Crippen LogP contribution is 2.28. The van der Waals surface area contributed by atoms with Gasteiger partial charge in [0, 0.05) is 22.9 Å². The van der Waals surface area contributed by atoms with Crippen molar-refractivity contribution in [2.75, 3.05) is 12.4 Å². The molecule has 5 rings (SSSR count). The number of nitrogens with zero attached hydrogens (tertiary/aromatic N) is 3. The maximum absolute atomic E-state index is 13.2. The van der Waals surface area contributed by atoms with E-state index in [0.717, 1.165) is 16.8 Å². The lowest BCUT2D eigenvalue weighted by Crippen LogP contribution is -2.15. The number of halogens is 1. The number of carbonyl (C=O) groups excluding carboxylic acids is 1. The monoisotopic (exact) mass is 438 g/mol. The molecule has 0 aliphatic rings. The molecule has 0 radical (unpaired) electrons. The van der Waals surface area contributed by atoms with Gasteiger partial charge in [0.05, 0.1) is 18.5 Å². The summed E-state index contributed by atoms with van der Waals surface area (Å²) in [4.78, 5) is 17.6. The fourth-order valence-electron chi connectivity index (χ4n) is 3.56. The highest BCUT2D eigenvalue weighted by molar-refractivity contribution is 6.03. The number of fused-ring (bicyclic) bond motifs is 1. The zero-order valence-corrected chi connectivity index (χ0v) is 17.7. The Hall–Kier alpha value is -4.52. The van der Waals surface area contributed by atoms with E-state index < -0.39 is 5.91 Å². The van der Waals surface area contributed by atoms with Gasteiger partial charge in [-0.15, -0.1) is 0 Å². The summed E-state index contributed by atoms with van der Waals surface area (Å²) >= 11 is 0. The van der Waals surface area contributed by atoms with Crippen LogP contribution in [0.2, 0.25) is 0 Å². The summed E-state index contributed by atoms with van der Waals surface area (Å²) < 4.78 is 20.3. The molecule has 0 saturated carbocycles. The predicted octanol–water partition coefficient (Wildman–Crippen LogP) is 5.46. The van der Waals surface area contributed by atoms with E-state index in [1.807, 2.05) is 60.7 Å². The molecule has 0 spiro atoms. The van der Waals surface area contributed by atoms with Gasteiger partial charge in [0.25, 0.3) is 5.91 Å². The Balaban J connectivity index is 1.63. The van der Waals surface area contributed by atoms with Crippen LogP contribution in [-0.4, -0.2) is 27.6 Å². The van der Waals surface area contributed by atoms with Gasteiger partial charge in [-0.3, -0.25) is 4.79 Å². The van der Waals surface area contributed by atoms with Crippen molar-refractivity contribution in [3.8, 4) is 28.3 Å². The first kappa shape index (κ1) is 20.4. The molecule has 1 N–H and O–H groups in total. The normalized spacial score (nSPS) is 10.8. The van der Waals surface area contributed by atoms with Gasteiger partial charge in [-0.1, -0.05) is 42.5 Å². The molecule has 1 amide bonds. The van der Waals surface area contributed by atoms with Gasteiger partial charge in [-0.25, -0.2) is 13.9 Å². The lowest BCUT2D eigenvalue weighted by Gasteiger charge is -2.10. The van der Waals surface area contributed by atoms with Gasteiger partial charge in [-0.2, -0.15) is 5.10 Å². The van der Waals surface area contributed by atoms with E-state index in [9.17, 15) is 9.18 Å². The summed E-state index contributed by atoms with van der Waals surface area (Å²) in [6.07, 6.45) is 0. The SMILES string of the molecule is COc1cccc(-c2cc(C(=O)Nc3ccc(F)cc3)nc3cc(-c4ccccc4)nn23)c1. The summed E-state index contributed by atoms with van der Waals surface area (Å²) in [5.41, 5.74) is 4.40. The van der Waals surface area contributed by atoms with Crippen molar-refractivity contribution in [2.24, 2.45) is 0 Å². The molecule has 162 valence electrons. The van der Waals surface area contributed by atoms with Gasteiger partial charge in [-0.05, 0) is 42.5 Å². The molecule has 0 aliphatic carbocycles. The van der Waals surface area contributed by atoms with E-state index in [1.54, 1.807) is 17.7 Å². The Kier molecular flexibility index (Phi) is 5.28. The number of ether oxygens (including phenoxy) is 1. The van der Waals surface area contributed by atoms with Crippen LogP contribution < -0.4 is 10.1 Å². The molecule has 33 heavy (non-hydrogen) atoms. The van der Waals surface area contributed by atoms with Crippen molar-refractivity contribution in [3.05, 3.63) is 103 Å². The Morgan fingerprint density at radius 1 is 0.909 bits per heavy atom. The van der Waals surface area contributed by atoms with Crippen LogP contribution in [0.3, 0.4) is 0 Å². The van der Waals surface area contributed by atoms with Crippen molar-refractivity contribution in [1.29, 1.82) is 0 Å². The minimum Gasteiger partial charge on any atom is -0.497 e. The van der Waals surface area contributed by atoms with Gasteiger partial charge < -0.3 is 10.1 Å². The highest BCUT2D eigenvalue weighted by Gasteiger charge is 2.17. The maximum Gasteiger partial charge on any atom is 0.274 e. The van der Waals surface area contributed by atoms with Crippen LogP contribution in [-0.2, 0) is 0 Å². The van der Waals surface area contributed by atoms with Gasteiger partial charge in [0.15, 0.2) is 5.65 Å². The smallest absolute Gasteiger partial charge is 0.274 e. The summed E-state index contributed by atoms with van der Waals surface area (Å²) in [5, 5.41) is 7.52. The molecular formula is C26H19FN4O2. The quantitative estimate of drug-likeness (QED) is 0.395. The molecule has 0 fully saturated rings. The third-order valence-corrected chi connectivity index (χ3v) is 5.20. The van der Waals surface area contributed by atoms with E-state index in [4.69, 9.17) is 9.84 Å². The van der Waals surface area contributed by atoms with E-state index in [-0.39, 0.29) is 11.5 Å². The number of carbonyl (C=O) groups is 1. The van der Waals surface area contributed by atoms with Crippen LogP contribution in [0.1, 0.15) is 10.5 Å². The van der Waals surface area contributed by atoms with E-state index >= 15 is 0 Å². The summed E-state index contributed by atoms with van der Waals surface area (Å²) in [5.74, 6) is -0.0958. The number of aromatic nitrogens is 3. The molecule has 3 aromatic carbocycles. The first-order valence-electron chi connectivity index (χ1n) is 10.3. The zero-order valence-electron chi connectivity index (χ0n) is 17.7. The Labute approximate surface area is 189 Å². The fourth-order valence-corrected chi connectivity index (χ4v) is 3.56. The number of nitrogens with one attached hydrogen (secondary N) is 1. The van der Waals surface area contributed by atoms with Crippen molar-refractivity contribution in [2.45, 2.75) is 0 Å². The molecule has 2 aromatic heterocycles. The van der Waals surface area contributed by atoms with Crippen molar-refractivity contribution in [1.82, 2.24) is 14.6 Å². The molecular weight excluding hydrogens is 419 g/mol. The fraction of sp³-hybridized carbons (Fsp3) is 0.0385. The average Bonchev–Trinajstić information content (AvgIpc) is 3.30. The Bertz CT molecular complexity index is 1450. The van der Waals surface area contributed by atoms with Crippen LogP contribution in [0.25, 0.3) is 28.2 Å². The summed E-state index contributed by atoms with van der Waals surface area (Å²) in [7, 11) is 1.60. The van der Waals surface area contributed by atoms with Crippen molar-refractivity contribution in [3.63, 3.8) is 0 Å². The van der Waals surface area contributed by atoms with E-state index in [1.165, 1.54) is 24.3 Å². The summed E-state index contributed by atoms with van der Waals surface area (Å²) in [6.45, 7) is 0. The van der Waals surface area contributed by atoms with Gasteiger partial charge in [0.1, 0.15) is 17.3 Å². The van der Waals surface area contributed by atoms with Crippen LogP contribution in [0.4, 0.5) is 10.1 Å². The van der Waals surface area contributed by atoms with Crippen LogP contribution in [0.5, 0.6) is 5.75 Å². The Morgan fingerprint density at radius 2 is 1.67 bits per heavy atom.